The third-order valence-corrected chi connectivity index (χ3v) is 5.71. The molecule has 0 spiro atoms. The van der Waals surface area contributed by atoms with Gasteiger partial charge in [0.05, 0.1) is 21.6 Å². The minimum Gasteiger partial charge on any atom is -0.322 e. The van der Waals surface area contributed by atoms with E-state index < -0.39 is 17.9 Å². The summed E-state index contributed by atoms with van der Waals surface area (Å²) in [5.74, 6) is 0. The molecule has 0 saturated heterocycles. The summed E-state index contributed by atoms with van der Waals surface area (Å²) in [5, 5.41) is 1.73. The van der Waals surface area contributed by atoms with Crippen LogP contribution in [0.25, 0.3) is 21.8 Å². The highest BCUT2D eigenvalue weighted by molar-refractivity contribution is 6.31. The fraction of sp³-hybridized carbons (Fsp3) is 0.0833. The monoisotopic (exact) mass is 424 g/mol. The number of fused-ring (bicyclic) bond motifs is 2. The van der Waals surface area contributed by atoms with E-state index in [0.29, 0.717) is 5.56 Å². The first-order valence-electron chi connectivity index (χ1n) is 9.41. The van der Waals surface area contributed by atoms with Crippen LogP contribution in [0.1, 0.15) is 17.3 Å². The van der Waals surface area contributed by atoms with Crippen molar-refractivity contribution in [1.82, 2.24) is 9.13 Å². The predicted molar refractivity (Wildman–Crippen MR) is 114 cm³/mol. The Hall–Kier alpha value is -3.18. The summed E-state index contributed by atoms with van der Waals surface area (Å²) in [6.07, 6.45) is -1.23. The standard InChI is InChI=1S/C24H16ClF3N2/c25-20-10-9-18(15-19(20)24(26,27)28)23(29-13-11-16-5-1-3-7-21(16)29)30-14-12-17-6-2-4-8-22(17)30/h1-15,23H. The average Bonchev–Trinajstić information content (AvgIpc) is 3.34. The number of para-hydroxylation sites is 2. The number of nitrogens with zero attached hydrogens (tertiary/aromatic N) is 2. The van der Waals surface area contributed by atoms with Crippen LogP contribution in [0.2, 0.25) is 5.02 Å². The highest BCUT2D eigenvalue weighted by Gasteiger charge is 2.34. The average molecular weight is 425 g/mol. The van der Waals surface area contributed by atoms with Gasteiger partial charge in [-0.1, -0.05) is 54.1 Å². The lowest BCUT2D eigenvalue weighted by Crippen LogP contribution is -2.19. The van der Waals surface area contributed by atoms with Crippen LogP contribution in [-0.2, 0) is 6.18 Å². The second kappa shape index (κ2) is 6.96. The van der Waals surface area contributed by atoms with Crippen LogP contribution in [0.15, 0.2) is 91.3 Å². The molecule has 30 heavy (non-hydrogen) atoms. The lowest BCUT2D eigenvalue weighted by Gasteiger charge is -2.25. The number of aromatic nitrogens is 2. The van der Waals surface area contributed by atoms with Crippen LogP contribution in [0, 0.1) is 0 Å². The van der Waals surface area contributed by atoms with E-state index in [1.165, 1.54) is 6.07 Å². The van der Waals surface area contributed by atoms with Crippen LogP contribution < -0.4 is 0 Å². The molecular formula is C24H16ClF3N2. The molecule has 5 aromatic rings. The van der Waals surface area contributed by atoms with Gasteiger partial charge in [0.1, 0.15) is 6.17 Å². The molecular weight excluding hydrogens is 409 g/mol. The van der Waals surface area contributed by atoms with Gasteiger partial charge in [-0.25, -0.2) is 0 Å². The third-order valence-electron chi connectivity index (χ3n) is 5.38. The van der Waals surface area contributed by atoms with Crippen LogP contribution >= 0.6 is 11.6 Å². The van der Waals surface area contributed by atoms with Gasteiger partial charge in [-0.3, -0.25) is 0 Å². The summed E-state index contributed by atoms with van der Waals surface area (Å²) in [6.45, 7) is 0. The maximum absolute atomic E-state index is 13.6. The van der Waals surface area contributed by atoms with E-state index in [1.807, 2.05) is 82.2 Å². The van der Waals surface area contributed by atoms with Crippen molar-refractivity contribution < 1.29 is 13.2 Å². The summed E-state index contributed by atoms with van der Waals surface area (Å²) < 4.78 is 44.7. The molecule has 0 radical (unpaired) electrons. The zero-order valence-electron chi connectivity index (χ0n) is 15.6. The highest BCUT2D eigenvalue weighted by Crippen LogP contribution is 2.38. The molecule has 0 aliphatic rings. The van der Waals surface area contributed by atoms with Gasteiger partial charge in [0, 0.05) is 12.4 Å². The first kappa shape index (κ1) is 18.8. The molecule has 2 nitrogen and oxygen atoms in total. The van der Waals surface area contributed by atoms with Crippen molar-refractivity contribution in [2.45, 2.75) is 12.3 Å². The molecule has 0 amide bonds. The number of alkyl halides is 3. The van der Waals surface area contributed by atoms with Gasteiger partial charge in [0.2, 0.25) is 0 Å². The minimum atomic E-state index is -4.53. The van der Waals surface area contributed by atoms with Gasteiger partial charge >= 0.3 is 6.18 Å². The Morgan fingerprint density at radius 1 is 0.700 bits per heavy atom. The Morgan fingerprint density at radius 2 is 1.23 bits per heavy atom. The molecule has 0 bridgehead atoms. The number of hydrogen-bond donors (Lipinski definition) is 0. The second-order valence-electron chi connectivity index (χ2n) is 7.17. The smallest absolute Gasteiger partial charge is 0.322 e. The number of rotatable bonds is 3. The quantitative estimate of drug-likeness (QED) is 0.286. The lowest BCUT2D eigenvalue weighted by molar-refractivity contribution is -0.137. The molecule has 5 rings (SSSR count). The van der Waals surface area contributed by atoms with Crippen molar-refractivity contribution in [3.05, 3.63) is 107 Å². The van der Waals surface area contributed by atoms with Crippen molar-refractivity contribution in [3.63, 3.8) is 0 Å². The van der Waals surface area contributed by atoms with Gasteiger partial charge < -0.3 is 9.13 Å². The molecule has 0 atom stereocenters. The minimum absolute atomic E-state index is 0.306. The molecule has 3 aromatic carbocycles. The topological polar surface area (TPSA) is 9.86 Å². The third kappa shape index (κ3) is 3.06. The van der Waals surface area contributed by atoms with Crippen LogP contribution in [0.3, 0.4) is 0 Å². The number of hydrogen-bond acceptors (Lipinski definition) is 0. The first-order chi connectivity index (χ1) is 14.4. The lowest BCUT2D eigenvalue weighted by atomic mass is 10.1. The molecule has 2 aromatic heterocycles. The first-order valence-corrected chi connectivity index (χ1v) is 9.79. The van der Waals surface area contributed by atoms with Crippen molar-refractivity contribution in [2.75, 3.05) is 0 Å². The van der Waals surface area contributed by atoms with Gasteiger partial charge in [-0.15, -0.1) is 0 Å². The maximum atomic E-state index is 13.6. The van der Waals surface area contributed by atoms with Crippen LogP contribution in [0.5, 0.6) is 0 Å². The molecule has 0 aliphatic heterocycles. The Bertz CT molecular complexity index is 1290. The summed E-state index contributed by atoms with van der Waals surface area (Å²) in [7, 11) is 0. The Morgan fingerprint density at radius 3 is 1.77 bits per heavy atom. The summed E-state index contributed by atoms with van der Waals surface area (Å²) in [4.78, 5) is 0. The van der Waals surface area contributed by atoms with Crippen molar-refractivity contribution in [3.8, 4) is 0 Å². The van der Waals surface area contributed by atoms with Gasteiger partial charge in [0.15, 0.2) is 0 Å². The Balaban J connectivity index is 1.80. The molecule has 0 unspecified atom stereocenters. The normalized spacial score (nSPS) is 12.3. The fourth-order valence-corrected chi connectivity index (χ4v) is 4.24. The zero-order chi connectivity index (χ0) is 20.9. The Kier molecular flexibility index (Phi) is 4.36. The summed E-state index contributed by atoms with van der Waals surface area (Å²) in [6, 6.07) is 23.7. The molecule has 150 valence electrons. The van der Waals surface area contributed by atoms with E-state index in [9.17, 15) is 13.2 Å². The van der Waals surface area contributed by atoms with Gasteiger partial charge in [-0.2, -0.15) is 13.2 Å². The van der Waals surface area contributed by atoms with Crippen molar-refractivity contribution in [2.24, 2.45) is 0 Å². The van der Waals surface area contributed by atoms with Crippen molar-refractivity contribution >= 4 is 33.4 Å². The van der Waals surface area contributed by atoms with E-state index in [-0.39, 0.29) is 5.02 Å². The molecule has 2 heterocycles. The summed E-state index contributed by atoms with van der Waals surface area (Å²) >= 11 is 5.89. The van der Waals surface area contributed by atoms with E-state index in [1.54, 1.807) is 6.07 Å². The molecule has 6 heteroatoms. The van der Waals surface area contributed by atoms with Crippen LogP contribution in [0.4, 0.5) is 13.2 Å². The van der Waals surface area contributed by atoms with E-state index in [2.05, 4.69) is 0 Å². The van der Waals surface area contributed by atoms with Crippen LogP contribution in [-0.4, -0.2) is 9.13 Å². The van der Waals surface area contributed by atoms with Gasteiger partial charge in [0.25, 0.3) is 0 Å². The molecule has 0 fully saturated rings. The SMILES string of the molecule is FC(F)(F)c1cc(C(n2ccc3ccccc32)n2ccc3ccccc32)ccc1Cl. The molecule has 0 N–H and O–H groups in total. The molecule has 0 aliphatic carbocycles. The number of benzene rings is 3. The largest absolute Gasteiger partial charge is 0.417 e. The fourth-order valence-electron chi connectivity index (χ4n) is 4.01. The second-order valence-corrected chi connectivity index (χ2v) is 7.58. The predicted octanol–water partition coefficient (Wildman–Crippen LogP) is 7.36. The Labute approximate surface area is 175 Å². The van der Waals surface area contributed by atoms with E-state index in [4.69, 9.17) is 11.6 Å². The van der Waals surface area contributed by atoms with E-state index in [0.717, 1.165) is 27.9 Å². The highest BCUT2D eigenvalue weighted by atomic mass is 35.5. The van der Waals surface area contributed by atoms with Crippen molar-refractivity contribution in [1.29, 1.82) is 0 Å². The molecule has 0 saturated carbocycles. The van der Waals surface area contributed by atoms with Gasteiger partial charge in [-0.05, 0) is 52.7 Å². The van der Waals surface area contributed by atoms with E-state index >= 15 is 0 Å². The zero-order valence-corrected chi connectivity index (χ0v) is 16.4. The summed E-state index contributed by atoms with van der Waals surface area (Å²) in [5.41, 5.74) is 1.53. The number of halogens is 4. The maximum Gasteiger partial charge on any atom is 0.417 e.